The first-order valence-electron chi connectivity index (χ1n) is 7.96. The molecule has 136 valence electrons. The summed E-state index contributed by atoms with van der Waals surface area (Å²) in [5.41, 5.74) is 1.71. The molecule has 0 saturated carbocycles. The number of para-hydroxylation sites is 1. The molecule has 26 heavy (non-hydrogen) atoms. The summed E-state index contributed by atoms with van der Waals surface area (Å²) in [6.07, 6.45) is -0.947. The van der Waals surface area contributed by atoms with Crippen molar-refractivity contribution < 1.29 is 18.3 Å². The third kappa shape index (κ3) is 4.13. The molecule has 3 rings (SSSR count). The lowest BCUT2D eigenvalue weighted by Crippen LogP contribution is -2.28. The summed E-state index contributed by atoms with van der Waals surface area (Å²) in [6.45, 7) is -0.126. The molecule has 0 radical (unpaired) electrons. The number of nitrogens with one attached hydrogen (secondary N) is 1. The first-order chi connectivity index (χ1) is 12.5. The Morgan fingerprint density at radius 2 is 1.81 bits per heavy atom. The molecule has 0 spiro atoms. The first kappa shape index (κ1) is 18.6. The van der Waals surface area contributed by atoms with Crippen LogP contribution in [0.25, 0.3) is 10.4 Å². The largest absolute Gasteiger partial charge is 0.495 e. The van der Waals surface area contributed by atoms with E-state index in [0.29, 0.717) is 5.56 Å². The van der Waals surface area contributed by atoms with Gasteiger partial charge in [-0.05, 0) is 34.7 Å². The van der Waals surface area contributed by atoms with Crippen LogP contribution in [-0.2, 0) is 10.0 Å². The van der Waals surface area contributed by atoms with Crippen molar-refractivity contribution in [2.45, 2.75) is 11.0 Å². The van der Waals surface area contributed by atoms with Crippen LogP contribution < -0.4 is 9.46 Å². The van der Waals surface area contributed by atoms with Gasteiger partial charge in [0.05, 0.1) is 13.2 Å². The smallest absolute Gasteiger partial charge is 0.244 e. The lowest BCUT2D eigenvalue weighted by molar-refractivity contribution is 0.182. The number of sulfonamides is 1. The van der Waals surface area contributed by atoms with Crippen LogP contribution in [0.5, 0.6) is 5.75 Å². The highest BCUT2D eigenvalue weighted by Crippen LogP contribution is 2.26. The van der Waals surface area contributed by atoms with E-state index in [1.54, 1.807) is 41.7 Å². The fraction of sp³-hybridized carbons (Fsp3) is 0.158. The fourth-order valence-corrected chi connectivity index (χ4v) is 4.48. The van der Waals surface area contributed by atoms with Gasteiger partial charge in [0.2, 0.25) is 10.0 Å². The van der Waals surface area contributed by atoms with Crippen molar-refractivity contribution in [3.63, 3.8) is 0 Å². The van der Waals surface area contributed by atoms with Gasteiger partial charge in [-0.3, -0.25) is 0 Å². The lowest BCUT2D eigenvalue weighted by Gasteiger charge is -2.14. The standard InChI is InChI=1S/C19H19NO4S2/c1-24-17-5-2-3-7-19(17)26(22,23)20-13-16(21)14-8-10-15(11-9-14)18-6-4-12-25-18/h2-12,16,20-21H,13H2,1H3. The third-order valence-electron chi connectivity index (χ3n) is 3.93. The topological polar surface area (TPSA) is 75.6 Å². The van der Waals surface area contributed by atoms with Gasteiger partial charge in [-0.1, -0.05) is 42.5 Å². The van der Waals surface area contributed by atoms with Crippen LogP contribution in [0.2, 0.25) is 0 Å². The molecule has 7 heteroatoms. The summed E-state index contributed by atoms with van der Waals surface area (Å²) in [5, 5.41) is 12.3. The zero-order valence-corrected chi connectivity index (χ0v) is 15.8. The Morgan fingerprint density at radius 1 is 1.08 bits per heavy atom. The van der Waals surface area contributed by atoms with Crippen LogP contribution in [0.1, 0.15) is 11.7 Å². The molecule has 0 aliphatic rings. The third-order valence-corrected chi connectivity index (χ3v) is 6.31. The highest BCUT2D eigenvalue weighted by atomic mass is 32.2. The molecular weight excluding hydrogens is 370 g/mol. The molecule has 2 aromatic carbocycles. The Hall–Kier alpha value is -2.19. The average molecular weight is 389 g/mol. The summed E-state index contributed by atoms with van der Waals surface area (Å²) >= 11 is 1.64. The summed E-state index contributed by atoms with van der Waals surface area (Å²) in [7, 11) is -2.37. The van der Waals surface area contributed by atoms with Crippen molar-refractivity contribution >= 4 is 21.4 Å². The highest BCUT2D eigenvalue weighted by molar-refractivity contribution is 7.89. The fourth-order valence-electron chi connectivity index (χ4n) is 2.54. The van der Waals surface area contributed by atoms with Crippen molar-refractivity contribution in [3.8, 4) is 16.2 Å². The number of ether oxygens (including phenoxy) is 1. The van der Waals surface area contributed by atoms with E-state index >= 15 is 0 Å². The predicted molar refractivity (Wildman–Crippen MR) is 103 cm³/mol. The molecule has 0 bridgehead atoms. The average Bonchev–Trinajstić information content (AvgIpc) is 3.21. The van der Waals surface area contributed by atoms with Crippen LogP contribution in [0.15, 0.2) is 70.9 Å². The maximum absolute atomic E-state index is 12.5. The molecule has 2 N–H and O–H groups in total. The molecule has 3 aromatic rings. The zero-order chi connectivity index (χ0) is 18.6. The maximum Gasteiger partial charge on any atom is 0.244 e. The van der Waals surface area contributed by atoms with Crippen LogP contribution >= 0.6 is 11.3 Å². The summed E-state index contributed by atoms with van der Waals surface area (Å²) in [4.78, 5) is 1.19. The van der Waals surface area contributed by atoms with Gasteiger partial charge in [0.15, 0.2) is 0 Å². The van der Waals surface area contributed by atoms with E-state index in [1.165, 1.54) is 13.2 Å². The molecule has 0 amide bonds. The highest BCUT2D eigenvalue weighted by Gasteiger charge is 2.20. The Kier molecular flexibility index (Phi) is 5.73. The van der Waals surface area contributed by atoms with Gasteiger partial charge in [0, 0.05) is 11.4 Å². The monoisotopic (exact) mass is 389 g/mol. The van der Waals surface area contributed by atoms with Gasteiger partial charge in [-0.25, -0.2) is 13.1 Å². The van der Waals surface area contributed by atoms with Crippen molar-refractivity contribution in [2.24, 2.45) is 0 Å². The molecule has 0 aliphatic carbocycles. The second-order valence-electron chi connectivity index (χ2n) is 5.62. The van der Waals surface area contributed by atoms with Gasteiger partial charge in [-0.15, -0.1) is 11.3 Å². The summed E-state index contributed by atoms with van der Waals surface area (Å²) in [6, 6.07) is 17.8. The van der Waals surface area contributed by atoms with E-state index in [4.69, 9.17) is 4.74 Å². The number of thiophene rings is 1. The van der Waals surface area contributed by atoms with E-state index in [-0.39, 0.29) is 17.2 Å². The number of aliphatic hydroxyl groups is 1. The summed E-state index contributed by atoms with van der Waals surface area (Å²) < 4.78 is 32.4. The van der Waals surface area contributed by atoms with Crippen molar-refractivity contribution in [1.82, 2.24) is 4.72 Å². The van der Waals surface area contributed by atoms with Gasteiger partial charge in [-0.2, -0.15) is 0 Å². The second-order valence-corrected chi connectivity index (χ2v) is 8.30. The van der Waals surface area contributed by atoms with Crippen molar-refractivity contribution in [3.05, 3.63) is 71.6 Å². The minimum Gasteiger partial charge on any atom is -0.495 e. The normalized spacial score (nSPS) is 12.7. The number of hydrogen-bond donors (Lipinski definition) is 2. The molecule has 1 atom stereocenters. The molecule has 5 nitrogen and oxygen atoms in total. The number of hydrogen-bond acceptors (Lipinski definition) is 5. The maximum atomic E-state index is 12.5. The SMILES string of the molecule is COc1ccccc1S(=O)(=O)NCC(O)c1ccc(-c2cccs2)cc1. The zero-order valence-electron chi connectivity index (χ0n) is 14.1. The Morgan fingerprint density at radius 3 is 2.46 bits per heavy atom. The Balaban J connectivity index is 1.69. The van der Waals surface area contributed by atoms with Gasteiger partial charge >= 0.3 is 0 Å². The van der Waals surface area contributed by atoms with Crippen LogP contribution in [0, 0.1) is 0 Å². The molecule has 0 saturated heterocycles. The predicted octanol–water partition coefficient (Wildman–Crippen LogP) is 3.44. The lowest BCUT2D eigenvalue weighted by atomic mass is 10.1. The molecular formula is C19H19NO4S2. The van der Waals surface area contributed by atoms with E-state index in [2.05, 4.69) is 4.72 Å². The van der Waals surface area contributed by atoms with Crippen molar-refractivity contribution in [1.29, 1.82) is 0 Å². The first-order valence-corrected chi connectivity index (χ1v) is 10.3. The van der Waals surface area contributed by atoms with E-state index in [9.17, 15) is 13.5 Å². The van der Waals surface area contributed by atoms with Crippen LogP contribution in [0.4, 0.5) is 0 Å². The number of aliphatic hydroxyl groups excluding tert-OH is 1. The minimum atomic E-state index is -3.78. The van der Waals surface area contributed by atoms with Gasteiger partial charge in [0.25, 0.3) is 0 Å². The van der Waals surface area contributed by atoms with Gasteiger partial charge < -0.3 is 9.84 Å². The number of rotatable bonds is 7. The van der Waals surface area contributed by atoms with E-state index in [1.807, 2.05) is 29.6 Å². The van der Waals surface area contributed by atoms with E-state index < -0.39 is 16.1 Å². The molecule has 0 aliphatic heterocycles. The van der Waals surface area contributed by atoms with E-state index in [0.717, 1.165) is 10.4 Å². The Labute approximate surface area is 156 Å². The van der Waals surface area contributed by atoms with Crippen molar-refractivity contribution in [2.75, 3.05) is 13.7 Å². The number of methoxy groups -OCH3 is 1. The molecule has 1 aromatic heterocycles. The van der Waals surface area contributed by atoms with Crippen LogP contribution in [0.3, 0.4) is 0 Å². The Bertz CT molecular complexity index is 951. The molecule has 0 fully saturated rings. The second kappa shape index (κ2) is 8.01. The van der Waals surface area contributed by atoms with Gasteiger partial charge in [0.1, 0.15) is 10.6 Å². The molecule has 1 unspecified atom stereocenters. The quantitative estimate of drug-likeness (QED) is 0.649. The minimum absolute atomic E-state index is 0.0442. The number of benzene rings is 2. The molecule has 1 heterocycles. The van der Waals surface area contributed by atoms with Crippen LogP contribution in [-0.4, -0.2) is 27.2 Å². The summed E-state index contributed by atoms with van der Waals surface area (Å²) in [5.74, 6) is 0.259.